The van der Waals surface area contributed by atoms with Crippen LogP contribution in [0.3, 0.4) is 0 Å². The number of H-pyrrole nitrogens is 3. The molecule has 10 aromatic rings. The number of hydrogen-bond acceptors (Lipinski definition) is 10. The molecule has 2 aliphatic heterocycles. The number of aromatic amines is 3. The number of para-hydroxylation sites is 3. The number of aliphatic hydroxyl groups excluding tert-OH is 3. The van der Waals surface area contributed by atoms with Crippen molar-refractivity contribution in [3.8, 4) is 22.8 Å². The molecule has 5 aromatic carbocycles. The topological polar surface area (TPSA) is 184 Å². The first kappa shape index (κ1) is 64.3. The molecule has 438 valence electrons. The van der Waals surface area contributed by atoms with Crippen LogP contribution in [0.1, 0.15) is 124 Å². The molecule has 1 unspecified atom stereocenters. The molecule has 7 heterocycles. The van der Waals surface area contributed by atoms with Gasteiger partial charge >= 0.3 is 0 Å². The molecule has 12 rings (SSSR count). The van der Waals surface area contributed by atoms with Crippen LogP contribution in [-0.2, 0) is 39.3 Å². The lowest BCUT2D eigenvalue weighted by molar-refractivity contribution is 0.162. The number of unbranched alkanes of at least 4 members (excludes halogenated alkanes) is 9. The Morgan fingerprint density at radius 3 is 1.70 bits per heavy atom. The largest absolute Gasteiger partial charge is 0.390 e. The Hall–Kier alpha value is -7.88. The maximum Gasteiger partial charge on any atom is 0.137 e. The second-order valence-electron chi connectivity index (χ2n) is 20.5. The highest BCUT2D eigenvalue weighted by atomic mass is 35.5. The molecule has 0 bridgehead atoms. The van der Waals surface area contributed by atoms with Gasteiger partial charge in [-0.05, 0) is 63.4 Å². The van der Waals surface area contributed by atoms with E-state index in [0.717, 1.165) is 64.7 Å². The minimum absolute atomic E-state index is 0. The number of aliphatic hydroxyl groups is 3. The van der Waals surface area contributed by atoms with E-state index in [1.54, 1.807) is 12.4 Å². The quantitative estimate of drug-likeness (QED) is 0.0452. The standard InChI is InChI=1S/C23H38N2.C11H12N2O2.C11H12N2O.C10H10N2.C9H7N.C4H6N2.ClH/c1-3-4-5-6-7-8-9-10-11-15-18-24-19-20-25(22(24)2)21-23-16-13-12-14-17-23;14-6-9-10(7-15)13-11(12-9)8-4-2-1-3-5-8;1-8-10(7-14)13-11(12-8)9-5-3-2-4-6-9;1-2-5-9-8(4-1)11-10-6-3-7-12(9)10;1-2-6-9-8(4-1)5-3-7-10-9;1-4-5-2-3-6-4;/h12-14,16-17,19-20,22H,3-11,15,18,21H2,1-2H3;1-5,14-15H,6-7H2,(H,12,13);2-6,14H,7H2,1H3,(H,12,13);1-2,4-5H,3,6-7H2;1-7H;2-3H,1H3,(H,5,6);1H. The number of rotatable bonds is 18. The highest BCUT2D eigenvalue weighted by Crippen LogP contribution is 2.24. The molecular weight excluding hydrogens is 1050 g/mol. The number of pyridine rings is 1. The van der Waals surface area contributed by atoms with Crippen molar-refractivity contribution in [1.82, 2.24) is 54.2 Å². The molecular formula is C68H86ClN11O3. The zero-order valence-electron chi connectivity index (χ0n) is 49.0. The van der Waals surface area contributed by atoms with Gasteiger partial charge in [0.05, 0.1) is 65.3 Å². The smallest absolute Gasteiger partial charge is 0.137 e. The lowest BCUT2D eigenvalue weighted by Gasteiger charge is -2.30. The fourth-order valence-electron chi connectivity index (χ4n) is 9.78. The third-order valence-corrected chi connectivity index (χ3v) is 14.5. The second-order valence-corrected chi connectivity index (χ2v) is 20.5. The summed E-state index contributed by atoms with van der Waals surface area (Å²) in [4.78, 5) is 35.0. The van der Waals surface area contributed by atoms with Crippen molar-refractivity contribution < 1.29 is 15.3 Å². The van der Waals surface area contributed by atoms with Gasteiger partial charge in [0.2, 0.25) is 0 Å². The summed E-state index contributed by atoms with van der Waals surface area (Å²) in [5, 5.41) is 28.3. The van der Waals surface area contributed by atoms with E-state index in [-0.39, 0.29) is 32.2 Å². The zero-order valence-corrected chi connectivity index (χ0v) is 49.8. The molecule has 1 atom stereocenters. The van der Waals surface area contributed by atoms with E-state index in [9.17, 15) is 0 Å². The van der Waals surface area contributed by atoms with Gasteiger partial charge in [-0.1, -0.05) is 192 Å². The average molecular weight is 1140 g/mol. The van der Waals surface area contributed by atoms with Crippen molar-refractivity contribution in [3.63, 3.8) is 0 Å². The normalized spacial score (nSPS) is 12.8. The number of benzene rings is 5. The molecule has 0 saturated heterocycles. The van der Waals surface area contributed by atoms with Crippen LogP contribution in [0, 0.1) is 13.8 Å². The predicted octanol–water partition coefficient (Wildman–Crippen LogP) is 14.8. The Morgan fingerprint density at radius 2 is 1.12 bits per heavy atom. The monoisotopic (exact) mass is 1140 g/mol. The predicted molar refractivity (Wildman–Crippen MR) is 340 cm³/mol. The maximum atomic E-state index is 9.03. The van der Waals surface area contributed by atoms with E-state index in [1.807, 2.05) is 111 Å². The molecule has 0 fully saturated rings. The first-order chi connectivity index (χ1) is 40.3. The van der Waals surface area contributed by atoms with Gasteiger partial charge in [-0.15, -0.1) is 12.4 Å². The van der Waals surface area contributed by atoms with Gasteiger partial charge in [-0.2, -0.15) is 0 Å². The minimum atomic E-state index is -0.167. The van der Waals surface area contributed by atoms with Crippen LogP contribution >= 0.6 is 12.4 Å². The van der Waals surface area contributed by atoms with Crippen LogP contribution in [0.4, 0.5) is 0 Å². The highest BCUT2D eigenvalue weighted by Gasteiger charge is 2.21. The van der Waals surface area contributed by atoms with Crippen molar-refractivity contribution in [2.75, 3.05) is 6.54 Å². The molecule has 15 heteroatoms. The van der Waals surface area contributed by atoms with Crippen LogP contribution in [-0.4, -0.2) is 82.3 Å². The molecule has 5 aromatic heterocycles. The molecule has 0 spiro atoms. The van der Waals surface area contributed by atoms with Crippen LogP contribution in [0.15, 0.2) is 183 Å². The molecule has 0 saturated carbocycles. The number of halogens is 1. The van der Waals surface area contributed by atoms with Crippen molar-refractivity contribution in [3.05, 3.63) is 223 Å². The number of imidazole rings is 4. The number of nitrogens with zero attached hydrogens (tertiary/aromatic N) is 8. The summed E-state index contributed by atoms with van der Waals surface area (Å²) >= 11 is 0. The van der Waals surface area contributed by atoms with Crippen molar-refractivity contribution in [2.24, 2.45) is 0 Å². The average Bonchev–Trinajstić information content (AvgIpc) is 4.56. The van der Waals surface area contributed by atoms with E-state index in [4.69, 9.17) is 15.3 Å². The Morgan fingerprint density at radius 1 is 0.554 bits per heavy atom. The van der Waals surface area contributed by atoms with E-state index in [0.29, 0.717) is 23.4 Å². The minimum Gasteiger partial charge on any atom is -0.390 e. The molecule has 0 radical (unpaired) electrons. The number of aryl methyl sites for hydroxylation is 4. The SMILES string of the molecule is CCCCCCCCCCCCN1C=CN(Cc2ccccc2)C1C.Cc1nc(-c2ccccc2)[nH]c1CO.Cc1ncc[nH]1.Cl.OCc1nc(-c2ccccc2)[nH]c1CO.c1ccc2c(c1)nc1n2CCC1.c1ccc2ncccc2c1. The molecule has 14 nitrogen and oxygen atoms in total. The van der Waals surface area contributed by atoms with Gasteiger partial charge in [0.25, 0.3) is 0 Å². The summed E-state index contributed by atoms with van der Waals surface area (Å²) in [6.45, 7) is 11.5. The summed E-state index contributed by atoms with van der Waals surface area (Å²) in [6, 6.07) is 50.7. The second kappa shape index (κ2) is 35.9. The summed E-state index contributed by atoms with van der Waals surface area (Å²) < 4.78 is 2.33. The van der Waals surface area contributed by atoms with E-state index in [2.05, 4.69) is 141 Å². The fraction of sp³-hybridized carbons (Fsp3) is 0.338. The van der Waals surface area contributed by atoms with E-state index >= 15 is 0 Å². The number of hydrogen-bond donors (Lipinski definition) is 6. The number of fused-ring (bicyclic) bond motifs is 4. The van der Waals surface area contributed by atoms with E-state index < -0.39 is 0 Å². The van der Waals surface area contributed by atoms with Crippen LogP contribution in [0.2, 0.25) is 0 Å². The van der Waals surface area contributed by atoms with Crippen molar-refractivity contribution in [2.45, 2.75) is 144 Å². The van der Waals surface area contributed by atoms with Crippen LogP contribution < -0.4 is 0 Å². The third kappa shape index (κ3) is 20.5. The highest BCUT2D eigenvalue weighted by molar-refractivity contribution is 5.85. The first-order valence-corrected chi connectivity index (χ1v) is 29.3. The van der Waals surface area contributed by atoms with Crippen LogP contribution in [0.5, 0.6) is 0 Å². The molecule has 0 aliphatic carbocycles. The summed E-state index contributed by atoms with van der Waals surface area (Å²) in [5.74, 6) is 3.71. The summed E-state index contributed by atoms with van der Waals surface area (Å²) in [6.07, 6.45) is 26.8. The van der Waals surface area contributed by atoms with Crippen molar-refractivity contribution in [1.29, 1.82) is 0 Å². The Kier molecular flexibility index (Phi) is 27.8. The molecule has 83 heavy (non-hydrogen) atoms. The zero-order chi connectivity index (χ0) is 57.6. The van der Waals surface area contributed by atoms with Gasteiger partial charge in [-0.25, -0.2) is 19.9 Å². The van der Waals surface area contributed by atoms with Crippen molar-refractivity contribution >= 4 is 34.3 Å². The summed E-state index contributed by atoms with van der Waals surface area (Å²) in [5.41, 5.74) is 9.56. The van der Waals surface area contributed by atoms with E-state index in [1.165, 1.54) is 99.5 Å². The number of aromatic nitrogens is 9. The van der Waals surface area contributed by atoms with Gasteiger partial charge < -0.3 is 44.6 Å². The molecule has 2 aliphatic rings. The van der Waals surface area contributed by atoms with Gasteiger partial charge in [0.1, 0.15) is 23.3 Å². The Bertz CT molecular complexity index is 3260. The number of nitrogens with one attached hydrogen (secondary N) is 3. The van der Waals surface area contributed by atoms with Crippen LogP contribution in [0.25, 0.3) is 44.7 Å². The Balaban J connectivity index is 0.000000167. The molecule has 6 N–H and O–H groups in total. The lowest BCUT2D eigenvalue weighted by Crippen LogP contribution is -2.36. The first-order valence-electron chi connectivity index (χ1n) is 29.3. The molecule has 0 amide bonds. The Labute approximate surface area is 497 Å². The van der Waals surface area contributed by atoms with Gasteiger partial charge in [0.15, 0.2) is 0 Å². The third-order valence-electron chi connectivity index (χ3n) is 14.5. The maximum absolute atomic E-state index is 9.03. The fourth-order valence-corrected chi connectivity index (χ4v) is 9.78. The van der Waals surface area contributed by atoms with Gasteiger partial charge in [-0.3, -0.25) is 4.98 Å². The lowest BCUT2D eigenvalue weighted by atomic mass is 10.1. The van der Waals surface area contributed by atoms with Gasteiger partial charge in [0, 0.05) is 73.6 Å². The summed E-state index contributed by atoms with van der Waals surface area (Å²) in [7, 11) is 0.